The first-order valence-corrected chi connectivity index (χ1v) is 13.6. The lowest BCUT2D eigenvalue weighted by Gasteiger charge is -2.31. The van der Waals surface area contributed by atoms with Crippen LogP contribution in [0.5, 0.6) is 5.75 Å². The molecule has 6 rings (SSSR count). The quantitative estimate of drug-likeness (QED) is 0.428. The molecule has 2 fully saturated rings. The Morgan fingerprint density at radius 1 is 1.29 bits per heavy atom. The van der Waals surface area contributed by atoms with E-state index in [2.05, 4.69) is 27.4 Å². The third-order valence-electron chi connectivity index (χ3n) is 7.73. The summed E-state index contributed by atoms with van der Waals surface area (Å²) >= 11 is 6.46. The van der Waals surface area contributed by atoms with Crippen LogP contribution in [0.4, 0.5) is 31.9 Å². The third kappa shape index (κ3) is 4.52. The van der Waals surface area contributed by atoms with Gasteiger partial charge in [-0.1, -0.05) is 18.5 Å². The molecule has 8 nitrogen and oxygen atoms in total. The van der Waals surface area contributed by atoms with Crippen LogP contribution >= 0.6 is 11.6 Å². The average molecular weight is 545 g/mol. The van der Waals surface area contributed by atoms with E-state index >= 15 is 0 Å². The number of benzene rings is 1. The molecule has 3 aromatic rings. The monoisotopic (exact) mass is 544 g/mol. The number of piperidine rings is 1. The maximum Gasteiger partial charge on any atom is 0.301 e. The van der Waals surface area contributed by atoms with Crippen molar-refractivity contribution in [3.8, 4) is 5.75 Å². The summed E-state index contributed by atoms with van der Waals surface area (Å²) < 4.78 is 37.0. The highest BCUT2D eigenvalue weighted by Crippen LogP contribution is 2.45. The first-order valence-electron chi connectivity index (χ1n) is 13.3. The van der Waals surface area contributed by atoms with Crippen molar-refractivity contribution in [1.29, 1.82) is 0 Å². The van der Waals surface area contributed by atoms with Crippen LogP contribution in [-0.4, -0.2) is 46.2 Å². The maximum atomic E-state index is 15.0. The van der Waals surface area contributed by atoms with Crippen molar-refractivity contribution in [1.82, 2.24) is 14.5 Å². The van der Waals surface area contributed by atoms with E-state index in [0.717, 1.165) is 32.4 Å². The van der Waals surface area contributed by atoms with E-state index in [-0.39, 0.29) is 11.7 Å². The van der Waals surface area contributed by atoms with E-state index in [1.54, 1.807) is 10.8 Å². The van der Waals surface area contributed by atoms with Crippen LogP contribution in [0.25, 0.3) is 10.9 Å². The van der Waals surface area contributed by atoms with Crippen LogP contribution < -0.4 is 25.8 Å². The lowest BCUT2D eigenvalue weighted by molar-refractivity contribution is -0.0579. The van der Waals surface area contributed by atoms with Gasteiger partial charge < -0.3 is 24.8 Å². The fourth-order valence-electron chi connectivity index (χ4n) is 5.62. The molecule has 38 heavy (non-hydrogen) atoms. The summed E-state index contributed by atoms with van der Waals surface area (Å²) in [6.07, 6.45) is 5.31. The second-order valence-electron chi connectivity index (χ2n) is 10.7. The molecule has 1 aromatic carbocycles. The highest BCUT2D eigenvalue weighted by Gasteiger charge is 2.51. The van der Waals surface area contributed by atoms with E-state index in [1.807, 2.05) is 25.1 Å². The fourth-order valence-corrected chi connectivity index (χ4v) is 5.76. The summed E-state index contributed by atoms with van der Waals surface area (Å²) in [6.45, 7) is 5.38. The van der Waals surface area contributed by atoms with Gasteiger partial charge in [-0.15, -0.1) is 0 Å². The Labute approximate surface area is 224 Å². The molecule has 1 aliphatic carbocycles. The highest BCUT2D eigenvalue weighted by molar-refractivity contribution is 6.32. The van der Waals surface area contributed by atoms with Crippen molar-refractivity contribution in [3.05, 3.63) is 39.8 Å². The zero-order valence-electron chi connectivity index (χ0n) is 21.4. The molecule has 2 aromatic heterocycles. The molecular formula is C27H31ClF2N6O2. The van der Waals surface area contributed by atoms with Crippen molar-refractivity contribution < 1.29 is 13.5 Å². The zero-order chi connectivity index (χ0) is 26.6. The molecule has 0 amide bonds. The minimum Gasteiger partial charge on any atom is -0.480 e. The Kier molecular flexibility index (Phi) is 6.32. The van der Waals surface area contributed by atoms with Crippen LogP contribution in [0.1, 0.15) is 39.5 Å². The Hall–Kier alpha value is -3.14. The molecule has 1 saturated heterocycles. The number of hydrogen-bond acceptors (Lipinski definition) is 7. The summed E-state index contributed by atoms with van der Waals surface area (Å²) in [5, 5.41) is 7.29. The number of ether oxygens (including phenoxy) is 1. The molecule has 2 unspecified atom stereocenters. The summed E-state index contributed by atoms with van der Waals surface area (Å²) in [5.74, 6) is -1.68. The number of pyridine rings is 1. The molecule has 1 saturated carbocycles. The Morgan fingerprint density at radius 3 is 2.84 bits per heavy atom. The Bertz CT molecular complexity index is 1440. The average Bonchev–Trinajstić information content (AvgIpc) is 3.73. The number of fused-ring (bicyclic) bond motifs is 3. The molecule has 2 atom stereocenters. The van der Waals surface area contributed by atoms with Gasteiger partial charge in [0.25, 0.3) is 5.56 Å². The predicted octanol–water partition coefficient (Wildman–Crippen LogP) is 5.66. The van der Waals surface area contributed by atoms with Crippen molar-refractivity contribution >= 4 is 45.6 Å². The Morgan fingerprint density at radius 2 is 2.11 bits per heavy atom. The molecule has 4 heterocycles. The normalized spacial score (nSPS) is 22.8. The van der Waals surface area contributed by atoms with Gasteiger partial charge in [0.2, 0.25) is 11.7 Å². The molecule has 2 N–H and O–H groups in total. The molecule has 2 aliphatic heterocycles. The minimum absolute atomic E-state index is 0.0686. The van der Waals surface area contributed by atoms with E-state index in [0.29, 0.717) is 51.5 Å². The number of nitrogens with one attached hydrogen (secondary N) is 2. The molecular weight excluding hydrogens is 514 g/mol. The number of rotatable bonds is 5. The summed E-state index contributed by atoms with van der Waals surface area (Å²) in [7, 11) is 0. The van der Waals surface area contributed by atoms with Crippen LogP contribution in [0, 0.1) is 11.8 Å². The van der Waals surface area contributed by atoms with Gasteiger partial charge in [0.05, 0.1) is 23.4 Å². The van der Waals surface area contributed by atoms with Gasteiger partial charge in [-0.25, -0.2) is 13.8 Å². The largest absolute Gasteiger partial charge is 0.480 e. The standard InChI is InChI=1S/C27H31ClF2N6O2/c1-3-36-20-9-8-17(32-24-19(28)12-31-26(34-24)35-10-4-5-15(2)13-35)11-18(20)21-22(25(36)37)38-14-27(29,30)23(33-21)16-6-7-16/h8-9,11-12,15-16,23,33H,3-7,10,13-14H2,1-2H3,(H,31,32,34). The second-order valence-corrected chi connectivity index (χ2v) is 11.1. The van der Waals surface area contributed by atoms with E-state index < -0.39 is 24.1 Å². The van der Waals surface area contributed by atoms with Crippen molar-refractivity contribution in [2.45, 2.75) is 58.0 Å². The molecule has 0 spiro atoms. The van der Waals surface area contributed by atoms with Gasteiger partial charge in [-0.2, -0.15) is 4.98 Å². The highest BCUT2D eigenvalue weighted by atomic mass is 35.5. The third-order valence-corrected chi connectivity index (χ3v) is 8.01. The van der Waals surface area contributed by atoms with Gasteiger partial charge >= 0.3 is 5.92 Å². The van der Waals surface area contributed by atoms with Crippen LogP contribution in [0.2, 0.25) is 5.02 Å². The molecule has 3 aliphatic rings. The number of anilines is 4. The first kappa shape index (κ1) is 25.2. The van der Waals surface area contributed by atoms with Crippen molar-refractivity contribution in [2.75, 3.05) is 35.2 Å². The number of aryl methyl sites for hydroxylation is 1. The van der Waals surface area contributed by atoms with Gasteiger partial charge in [-0.05, 0) is 62.6 Å². The molecule has 0 radical (unpaired) electrons. The van der Waals surface area contributed by atoms with Crippen molar-refractivity contribution in [3.63, 3.8) is 0 Å². The fraction of sp³-hybridized carbons (Fsp3) is 0.519. The van der Waals surface area contributed by atoms with E-state index in [4.69, 9.17) is 21.3 Å². The molecule has 11 heteroatoms. The number of nitrogens with zero attached hydrogens (tertiary/aromatic N) is 4. The second kappa shape index (κ2) is 9.55. The molecule has 202 valence electrons. The van der Waals surface area contributed by atoms with Crippen LogP contribution in [-0.2, 0) is 6.54 Å². The minimum atomic E-state index is -3.09. The van der Waals surface area contributed by atoms with Crippen LogP contribution in [0.15, 0.2) is 29.2 Å². The van der Waals surface area contributed by atoms with Gasteiger partial charge in [0.1, 0.15) is 5.02 Å². The maximum absolute atomic E-state index is 15.0. The lowest BCUT2D eigenvalue weighted by Crippen LogP contribution is -2.44. The van der Waals surface area contributed by atoms with E-state index in [1.165, 1.54) is 6.42 Å². The van der Waals surface area contributed by atoms with E-state index in [9.17, 15) is 13.6 Å². The smallest absolute Gasteiger partial charge is 0.301 e. The van der Waals surface area contributed by atoms with Gasteiger partial charge in [0.15, 0.2) is 12.4 Å². The van der Waals surface area contributed by atoms with Gasteiger partial charge in [-0.3, -0.25) is 4.79 Å². The topological polar surface area (TPSA) is 84.3 Å². The SMILES string of the molecule is CCn1c(=O)c2c(c3cc(Nc4nc(N5CCCC(C)C5)ncc4Cl)ccc31)NC(C1CC1)C(F)(F)CO2. The van der Waals surface area contributed by atoms with Crippen molar-refractivity contribution in [2.24, 2.45) is 11.8 Å². The predicted molar refractivity (Wildman–Crippen MR) is 145 cm³/mol. The summed E-state index contributed by atoms with van der Waals surface area (Å²) in [6, 6.07) is 4.37. The zero-order valence-corrected chi connectivity index (χ0v) is 22.2. The number of halogens is 3. The van der Waals surface area contributed by atoms with Gasteiger partial charge in [0, 0.05) is 30.7 Å². The number of aromatic nitrogens is 3. The lowest BCUT2D eigenvalue weighted by atomic mass is 10.0. The Balaban J connectivity index is 1.41. The number of alkyl halides is 2. The number of hydrogen-bond donors (Lipinski definition) is 2. The molecule has 0 bridgehead atoms. The summed E-state index contributed by atoms with van der Waals surface area (Å²) in [4.78, 5) is 24.5. The van der Waals surface area contributed by atoms with Crippen LogP contribution in [0.3, 0.4) is 0 Å². The first-order chi connectivity index (χ1) is 18.2. The summed E-state index contributed by atoms with van der Waals surface area (Å²) in [5.41, 5.74) is 1.17.